The van der Waals surface area contributed by atoms with E-state index in [1.165, 1.54) is 0 Å². The Labute approximate surface area is 122 Å². The molecule has 0 heterocycles. The number of nitrogens with two attached hydrogens (primary N) is 1. The third-order valence-corrected chi connectivity index (χ3v) is 2.75. The lowest BCUT2D eigenvalue weighted by Crippen LogP contribution is -2.36. The number of anilines is 1. The second-order valence-electron chi connectivity index (χ2n) is 4.74. The van der Waals surface area contributed by atoms with Crippen LogP contribution in [0, 0.1) is 0 Å². The molecule has 0 saturated carbocycles. The molecule has 1 aromatic rings. The van der Waals surface area contributed by atoms with Crippen molar-refractivity contribution in [1.82, 2.24) is 9.80 Å². The first-order valence-corrected chi connectivity index (χ1v) is 6.30. The summed E-state index contributed by atoms with van der Waals surface area (Å²) >= 11 is 0. The van der Waals surface area contributed by atoms with Gasteiger partial charge in [0.1, 0.15) is 0 Å². The van der Waals surface area contributed by atoms with Gasteiger partial charge >= 0.3 is 0 Å². The minimum absolute atomic E-state index is 0. The second kappa shape index (κ2) is 8.77. The average Bonchev–Trinajstić information content (AvgIpc) is 2.29. The van der Waals surface area contributed by atoms with Crippen molar-refractivity contribution in [1.29, 1.82) is 0 Å². The standard InChI is InChI=1S/C14H23N3O.ClH/c1-4-8-17(11-14(18)16(2)3)10-12-6-5-7-13(15)9-12;/h5-7,9H,4,8,10-11,15H2,1-3H3;1H. The van der Waals surface area contributed by atoms with Crippen LogP contribution in [0.4, 0.5) is 5.69 Å². The molecular formula is C14H24ClN3O. The van der Waals surface area contributed by atoms with E-state index in [1.54, 1.807) is 19.0 Å². The minimum Gasteiger partial charge on any atom is -0.399 e. The van der Waals surface area contributed by atoms with Crippen LogP contribution >= 0.6 is 12.4 Å². The molecule has 19 heavy (non-hydrogen) atoms. The summed E-state index contributed by atoms with van der Waals surface area (Å²) in [5.41, 5.74) is 7.68. The maximum atomic E-state index is 11.7. The molecule has 0 unspecified atom stereocenters. The molecule has 4 nitrogen and oxygen atoms in total. The van der Waals surface area contributed by atoms with Gasteiger partial charge in [0.05, 0.1) is 6.54 Å². The summed E-state index contributed by atoms with van der Waals surface area (Å²) < 4.78 is 0. The molecule has 0 aliphatic rings. The Bertz CT molecular complexity index is 396. The van der Waals surface area contributed by atoms with Crippen molar-refractivity contribution in [3.05, 3.63) is 29.8 Å². The fourth-order valence-corrected chi connectivity index (χ4v) is 1.81. The lowest BCUT2D eigenvalue weighted by Gasteiger charge is -2.23. The molecule has 1 aromatic carbocycles. The third kappa shape index (κ3) is 6.45. The van der Waals surface area contributed by atoms with Gasteiger partial charge in [-0.3, -0.25) is 9.69 Å². The molecule has 1 rings (SSSR count). The summed E-state index contributed by atoms with van der Waals surface area (Å²) in [4.78, 5) is 15.5. The van der Waals surface area contributed by atoms with E-state index in [9.17, 15) is 4.79 Å². The summed E-state index contributed by atoms with van der Waals surface area (Å²) in [6.07, 6.45) is 1.03. The predicted octanol–water partition coefficient (Wildman–Crippen LogP) is 1.99. The van der Waals surface area contributed by atoms with Crippen LogP contribution in [0.15, 0.2) is 24.3 Å². The van der Waals surface area contributed by atoms with Crippen LogP contribution in [0.5, 0.6) is 0 Å². The number of carbonyl (C=O) groups is 1. The van der Waals surface area contributed by atoms with E-state index in [1.807, 2.05) is 24.3 Å². The fourth-order valence-electron chi connectivity index (χ4n) is 1.81. The van der Waals surface area contributed by atoms with E-state index < -0.39 is 0 Å². The largest absolute Gasteiger partial charge is 0.399 e. The van der Waals surface area contributed by atoms with Gasteiger partial charge in [0.2, 0.25) is 5.91 Å². The number of nitrogen functional groups attached to an aromatic ring is 1. The smallest absolute Gasteiger partial charge is 0.236 e. The van der Waals surface area contributed by atoms with Gasteiger partial charge in [0.15, 0.2) is 0 Å². The van der Waals surface area contributed by atoms with Gasteiger partial charge in [-0.1, -0.05) is 19.1 Å². The van der Waals surface area contributed by atoms with Crippen LogP contribution in [0.25, 0.3) is 0 Å². The Morgan fingerprint density at radius 2 is 2.00 bits per heavy atom. The van der Waals surface area contributed by atoms with Crippen molar-refractivity contribution in [2.75, 3.05) is 32.9 Å². The van der Waals surface area contributed by atoms with Gasteiger partial charge in [-0.15, -0.1) is 12.4 Å². The lowest BCUT2D eigenvalue weighted by atomic mass is 10.2. The quantitative estimate of drug-likeness (QED) is 0.813. The summed E-state index contributed by atoms with van der Waals surface area (Å²) in [5, 5.41) is 0. The highest BCUT2D eigenvalue weighted by Crippen LogP contribution is 2.10. The molecule has 0 radical (unpaired) electrons. The molecule has 5 heteroatoms. The first kappa shape index (κ1) is 17.7. The zero-order valence-electron chi connectivity index (χ0n) is 11.9. The summed E-state index contributed by atoms with van der Waals surface area (Å²) in [6, 6.07) is 7.82. The SMILES string of the molecule is CCCN(CC(=O)N(C)C)Cc1cccc(N)c1.Cl. The van der Waals surface area contributed by atoms with Gasteiger partial charge in [-0.25, -0.2) is 0 Å². The Hall–Kier alpha value is -1.26. The van der Waals surface area contributed by atoms with Crippen molar-refractivity contribution < 1.29 is 4.79 Å². The summed E-state index contributed by atoms with van der Waals surface area (Å²) in [7, 11) is 3.57. The summed E-state index contributed by atoms with van der Waals surface area (Å²) in [6.45, 7) is 4.25. The molecule has 2 N–H and O–H groups in total. The van der Waals surface area contributed by atoms with E-state index in [4.69, 9.17) is 5.73 Å². The Balaban J connectivity index is 0.00000324. The van der Waals surface area contributed by atoms with Crippen LogP contribution < -0.4 is 5.73 Å². The number of benzene rings is 1. The highest BCUT2D eigenvalue weighted by molar-refractivity contribution is 5.85. The number of amides is 1. The third-order valence-electron chi connectivity index (χ3n) is 2.75. The van der Waals surface area contributed by atoms with E-state index >= 15 is 0 Å². The first-order chi connectivity index (χ1) is 8.52. The van der Waals surface area contributed by atoms with Crippen LogP contribution in [-0.4, -0.2) is 42.9 Å². The molecule has 0 saturated heterocycles. The van der Waals surface area contributed by atoms with Gasteiger partial charge < -0.3 is 10.6 Å². The Morgan fingerprint density at radius 1 is 1.32 bits per heavy atom. The van der Waals surface area contributed by atoms with Gasteiger partial charge in [0.25, 0.3) is 0 Å². The van der Waals surface area contributed by atoms with Crippen LogP contribution in [0.3, 0.4) is 0 Å². The molecule has 0 fully saturated rings. The second-order valence-corrected chi connectivity index (χ2v) is 4.74. The van der Waals surface area contributed by atoms with Crippen molar-refractivity contribution in [2.24, 2.45) is 0 Å². The molecule has 1 amide bonds. The van der Waals surface area contributed by atoms with Crippen molar-refractivity contribution in [3.63, 3.8) is 0 Å². The predicted molar refractivity (Wildman–Crippen MR) is 82.4 cm³/mol. The molecule has 0 aliphatic carbocycles. The number of likely N-dealkylation sites (N-methyl/N-ethyl adjacent to an activating group) is 1. The van der Waals surface area contributed by atoms with E-state index in [-0.39, 0.29) is 18.3 Å². The van der Waals surface area contributed by atoms with E-state index in [0.29, 0.717) is 6.54 Å². The van der Waals surface area contributed by atoms with Crippen LogP contribution in [-0.2, 0) is 11.3 Å². The Morgan fingerprint density at radius 3 is 2.53 bits per heavy atom. The number of nitrogens with zero attached hydrogens (tertiary/aromatic N) is 2. The number of hydrogen-bond acceptors (Lipinski definition) is 3. The number of rotatable bonds is 6. The van der Waals surface area contributed by atoms with E-state index in [0.717, 1.165) is 30.8 Å². The molecule has 0 aliphatic heterocycles. The van der Waals surface area contributed by atoms with Gasteiger partial charge in [-0.05, 0) is 30.7 Å². The minimum atomic E-state index is 0. The van der Waals surface area contributed by atoms with Crippen molar-refractivity contribution in [3.8, 4) is 0 Å². The van der Waals surface area contributed by atoms with Gasteiger partial charge in [0, 0.05) is 26.3 Å². The van der Waals surface area contributed by atoms with Crippen LogP contribution in [0.2, 0.25) is 0 Å². The van der Waals surface area contributed by atoms with Crippen LogP contribution in [0.1, 0.15) is 18.9 Å². The fraction of sp³-hybridized carbons (Fsp3) is 0.500. The molecule has 108 valence electrons. The van der Waals surface area contributed by atoms with E-state index in [2.05, 4.69) is 11.8 Å². The van der Waals surface area contributed by atoms with Crippen molar-refractivity contribution >= 4 is 24.0 Å². The molecule has 0 atom stereocenters. The highest BCUT2D eigenvalue weighted by Gasteiger charge is 2.12. The highest BCUT2D eigenvalue weighted by atomic mass is 35.5. The first-order valence-electron chi connectivity index (χ1n) is 6.30. The Kier molecular flexibility index (Phi) is 8.19. The number of hydrogen-bond donors (Lipinski definition) is 1. The number of carbonyl (C=O) groups excluding carboxylic acids is 1. The zero-order valence-corrected chi connectivity index (χ0v) is 12.7. The van der Waals surface area contributed by atoms with Crippen molar-refractivity contribution in [2.45, 2.75) is 19.9 Å². The zero-order chi connectivity index (χ0) is 13.5. The maximum Gasteiger partial charge on any atom is 0.236 e. The maximum absolute atomic E-state index is 11.7. The van der Waals surface area contributed by atoms with Gasteiger partial charge in [-0.2, -0.15) is 0 Å². The average molecular weight is 286 g/mol. The molecule has 0 spiro atoms. The molecular weight excluding hydrogens is 262 g/mol. The topological polar surface area (TPSA) is 49.6 Å². The molecule has 0 aromatic heterocycles. The molecule has 0 bridgehead atoms. The lowest BCUT2D eigenvalue weighted by molar-refractivity contribution is -0.130. The summed E-state index contributed by atoms with van der Waals surface area (Å²) in [5.74, 6) is 0.132. The number of halogens is 1. The normalized spacial score (nSPS) is 10.1. The monoisotopic (exact) mass is 285 g/mol.